The number of benzene rings is 1. The molecule has 0 spiro atoms. The van der Waals surface area contributed by atoms with Crippen molar-refractivity contribution in [2.75, 3.05) is 0 Å². The third kappa shape index (κ3) is 2.45. The molecule has 0 radical (unpaired) electrons. The van der Waals surface area contributed by atoms with Crippen LogP contribution in [0.5, 0.6) is 0 Å². The van der Waals surface area contributed by atoms with Crippen molar-refractivity contribution in [2.45, 2.75) is 13.0 Å². The summed E-state index contributed by atoms with van der Waals surface area (Å²) in [5.41, 5.74) is 9.84. The Bertz CT molecular complexity index is 673. The van der Waals surface area contributed by atoms with E-state index < -0.39 is 0 Å². The quantitative estimate of drug-likeness (QED) is 0.755. The smallest absolute Gasteiger partial charge is 0.141 e. The highest BCUT2D eigenvalue weighted by Crippen LogP contribution is 2.25. The highest BCUT2D eigenvalue weighted by atomic mass is 35.5. The minimum atomic E-state index is 0. The van der Waals surface area contributed by atoms with Gasteiger partial charge in [0.2, 0.25) is 0 Å². The highest BCUT2D eigenvalue weighted by Gasteiger charge is 2.07. The summed E-state index contributed by atoms with van der Waals surface area (Å²) in [7, 11) is 0. The maximum Gasteiger partial charge on any atom is 0.141 e. The van der Waals surface area contributed by atoms with Gasteiger partial charge in [0.1, 0.15) is 12.0 Å². The lowest BCUT2D eigenvalue weighted by molar-refractivity contribution is 0.818. The normalized spacial score (nSPS) is 12.1. The summed E-state index contributed by atoms with van der Waals surface area (Å²) in [6.07, 6.45) is 3.45. The van der Waals surface area contributed by atoms with Gasteiger partial charge in [-0.15, -0.1) is 12.4 Å². The molecule has 0 fully saturated rings. The van der Waals surface area contributed by atoms with Crippen LogP contribution in [-0.4, -0.2) is 15.0 Å². The van der Waals surface area contributed by atoms with Crippen molar-refractivity contribution in [3.63, 3.8) is 0 Å². The molecular formula is C14H15ClN4. The number of H-pyrrole nitrogens is 1. The van der Waals surface area contributed by atoms with Gasteiger partial charge in [0, 0.05) is 23.2 Å². The minimum absolute atomic E-state index is 0. The summed E-state index contributed by atoms with van der Waals surface area (Å²) in [6, 6.07) is 10.2. The fraction of sp³-hybridized carbons (Fsp3) is 0.143. The number of hydrogen-bond acceptors (Lipinski definition) is 3. The summed E-state index contributed by atoms with van der Waals surface area (Å²) >= 11 is 0. The molecule has 1 aromatic carbocycles. The second-order valence-electron chi connectivity index (χ2n) is 4.37. The summed E-state index contributed by atoms with van der Waals surface area (Å²) in [4.78, 5) is 11.6. The lowest BCUT2D eigenvalue weighted by Gasteiger charge is -2.07. The zero-order chi connectivity index (χ0) is 12.5. The Hall–Kier alpha value is -1.91. The van der Waals surface area contributed by atoms with Crippen molar-refractivity contribution in [2.24, 2.45) is 5.73 Å². The third-order valence-electron chi connectivity index (χ3n) is 3.06. The maximum absolute atomic E-state index is 5.85. The Kier molecular flexibility index (Phi) is 3.83. The monoisotopic (exact) mass is 274 g/mol. The molecular weight excluding hydrogens is 260 g/mol. The van der Waals surface area contributed by atoms with Crippen LogP contribution in [-0.2, 0) is 0 Å². The molecule has 5 heteroatoms. The van der Waals surface area contributed by atoms with Crippen molar-refractivity contribution in [3.05, 3.63) is 48.4 Å². The minimum Gasteiger partial charge on any atom is -0.346 e. The second-order valence-corrected chi connectivity index (χ2v) is 4.37. The summed E-state index contributed by atoms with van der Waals surface area (Å²) < 4.78 is 0. The number of halogens is 1. The van der Waals surface area contributed by atoms with Crippen LogP contribution >= 0.6 is 12.4 Å². The summed E-state index contributed by atoms with van der Waals surface area (Å²) in [6.45, 7) is 1.98. The second kappa shape index (κ2) is 5.38. The van der Waals surface area contributed by atoms with Crippen molar-refractivity contribution < 1.29 is 0 Å². The van der Waals surface area contributed by atoms with Crippen LogP contribution in [0.1, 0.15) is 18.5 Å². The molecule has 1 unspecified atom stereocenters. The maximum atomic E-state index is 5.85. The number of nitrogens with one attached hydrogen (secondary N) is 1. The third-order valence-corrected chi connectivity index (χ3v) is 3.06. The van der Waals surface area contributed by atoms with Crippen LogP contribution in [0.2, 0.25) is 0 Å². The van der Waals surface area contributed by atoms with Gasteiger partial charge in [0.05, 0.1) is 5.69 Å². The number of nitrogens with zero attached hydrogens (tertiary/aromatic N) is 2. The van der Waals surface area contributed by atoms with E-state index in [1.54, 1.807) is 6.33 Å². The van der Waals surface area contributed by atoms with Gasteiger partial charge in [0.15, 0.2) is 0 Å². The molecule has 3 rings (SSSR count). The highest BCUT2D eigenvalue weighted by molar-refractivity contribution is 5.90. The van der Waals surface area contributed by atoms with E-state index in [1.165, 1.54) is 0 Å². The predicted molar refractivity (Wildman–Crippen MR) is 79.2 cm³/mol. The lowest BCUT2D eigenvalue weighted by Crippen LogP contribution is -2.04. The first-order valence-electron chi connectivity index (χ1n) is 5.90. The first kappa shape index (κ1) is 13.5. The molecule has 2 heterocycles. The lowest BCUT2D eigenvalue weighted by atomic mass is 10.0. The molecule has 0 saturated heterocycles. The van der Waals surface area contributed by atoms with E-state index >= 15 is 0 Å². The number of nitrogens with two attached hydrogens (primary N) is 1. The average Bonchev–Trinajstić information content (AvgIpc) is 2.87. The van der Waals surface area contributed by atoms with E-state index in [4.69, 9.17) is 5.73 Å². The number of aromatic amines is 1. The molecule has 98 valence electrons. The molecule has 2 aromatic heterocycles. The molecule has 1 atom stereocenters. The molecule has 0 saturated carbocycles. The Balaban J connectivity index is 0.00000133. The van der Waals surface area contributed by atoms with E-state index in [0.29, 0.717) is 0 Å². The molecule has 0 bridgehead atoms. The summed E-state index contributed by atoms with van der Waals surface area (Å²) in [5.74, 6) is 0. The van der Waals surface area contributed by atoms with Crippen LogP contribution in [0.3, 0.4) is 0 Å². The molecule has 4 nitrogen and oxygen atoms in total. The largest absolute Gasteiger partial charge is 0.346 e. The van der Waals surface area contributed by atoms with Crippen LogP contribution in [0, 0.1) is 0 Å². The van der Waals surface area contributed by atoms with Crippen molar-refractivity contribution >= 4 is 23.4 Å². The Morgan fingerprint density at radius 1 is 1.11 bits per heavy atom. The Morgan fingerprint density at radius 3 is 2.53 bits per heavy atom. The first-order valence-corrected chi connectivity index (χ1v) is 5.90. The molecule has 19 heavy (non-hydrogen) atoms. The molecule has 0 aliphatic heterocycles. The van der Waals surface area contributed by atoms with Gasteiger partial charge in [-0.3, -0.25) is 0 Å². The number of hydrogen-bond donors (Lipinski definition) is 2. The predicted octanol–water partition coefficient (Wildman–Crippen LogP) is 3.07. The van der Waals surface area contributed by atoms with E-state index in [9.17, 15) is 0 Å². The number of rotatable bonds is 2. The van der Waals surface area contributed by atoms with Crippen LogP contribution in [0.15, 0.2) is 42.9 Å². The fourth-order valence-corrected chi connectivity index (χ4v) is 2.05. The van der Waals surface area contributed by atoms with E-state index in [1.807, 2.05) is 43.5 Å². The van der Waals surface area contributed by atoms with Crippen LogP contribution in [0.25, 0.3) is 22.3 Å². The molecule has 0 aliphatic rings. The molecule has 3 N–H and O–H groups in total. The van der Waals surface area contributed by atoms with Gasteiger partial charge in [-0.25, -0.2) is 9.97 Å². The van der Waals surface area contributed by atoms with Crippen LogP contribution in [0.4, 0.5) is 0 Å². The first-order chi connectivity index (χ1) is 8.75. The zero-order valence-corrected chi connectivity index (χ0v) is 11.3. The van der Waals surface area contributed by atoms with Gasteiger partial charge in [-0.05, 0) is 18.6 Å². The SMILES string of the molecule is CC(N)c1ccc(-c2ncnc3[nH]ccc23)cc1.Cl. The van der Waals surface area contributed by atoms with Crippen LogP contribution < -0.4 is 5.73 Å². The van der Waals surface area contributed by atoms with E-state index in [0.717, 1.165) is 27.9 Å². The standard InChI is InChI=1S/C14H14N4.ClH/c1-9(15)10-2-4-11(5-3-10)13-12-6-7-16-14(12)18-8-17-13;/h2-9H,15H2,1H3,(H,16,17,18);1H. The van der Waals surface area contributed by atoms with E-state index in [2.05, 4.69) is 15.0 Å². The van der Waals surface area contributed by atoms with Gasteiger partial charge in [-0.1, -0.05) is 24.3 Å². The van der Waals surface area contributed by atoms with Gasteiger partial charge >= 0.3 is 0 Å². The molecule has 3 aromatic rings. The topological polar surface area (TPSA) is 67.6 Å². The molecule has 0 aliphatic carbocycles. The average molecular weight is 275 g/mol. The Morgan fingerprint density at radius 2 is 1.84 bits per heavy atom. The van der Waals surface area contributed by atoms with E-state index in [-0.39, 0.29) is 18.4 Å². The Labute approximate surface area is 117 Å². The van der Waals surface area contributed by atoms with Gasteiger partial charge < -0.3 is 10.7 Å². The zero-order valence-electron chi connectivity index (χ0n) is 10.5. The van der Waals surface area contributed by atoms with Gasteiger partial charge in [0.25, 0.3) is 0 Å². The summed E-state index contributed by atoms with van der Waals surface area (Å²) in [5, 5.41) is 1.03. The van der Waals surface area contributed by atoms with Gasteiger partial charge in [-0.2, -0.15) is 0 Å². The van der Waals surface area contributed by atoms with Crippen molar-refractivity contribution in [1.82, 2.24) is 15.0 Å². The molecule has 0 amide bonds. The van der Waals surface area contributed by atoms with Crippen molar-refractivity contribution in [3.8, 4) is 11.3 Å². The number of aromatic nitrogens is 3. The fourth-order valence-electron chi connectivity index (χ4n) is 2.05. The van der Waals surface area contributed by atoms with Crippen molar-refractivity contribution in [1.29, 1.82) is 0 Å². The number of fused-ring (bicyclic) bond motifs is 1.